The summed E-state index contributed by atoms with van der Waals surface area (Å²) in [4.78, 5) is 0. The maximum absolute atomic E-state index is 5.86. The number of ether oxygens (including phenoxy) is 1. The topological polar surface area (TPSA) is 9.23 Å². The van der Waals surface area contributed by atoms with Crippen LogP contribution in [0.1, 0.15) is 19.4 Å². The Bertz CT molecular complexity index is 299. The number of hydrogen-bond acceptors (Lipinski definition) is 1. The summed E-state index contributed by atoms with van der Waals surface area (Å²) >= 11 is 9.27. The minimum Gasteiger partial charge on any atom is -0.370 e. The molecule has 0 fully saturated rings. The number of halogens is 2. The smallest absolute Gasteiger partial charge is 0.0727 e. The third-order valence-corrected chi connectivity index (χ3v) is 3.43. The highest BCUT2D eigenvalue weighted by Crippen LogP contribution is 2.17. The van der Waals surface area contributed by atoms with Gasteiger partial charge in [0.1, 0.15) is 0 Å². The van der Waals surface area contributed by atoms with Crippen LogP contribution in [0.25, 0.3) is 0 Å². The molecule has 0 atom stereocenters. The van der Waals surface area contributed by atoms with Crippen molar-refractivity contribution in [3.63, 3.8) is 0 Å². The van der Waals surface area contributed by atoms with Gasteiger partial charge < -0.3 is 4.74 Å². The van der Waals surface area contributed by atoms with E-state index in [0.717, 1.165) is 15.9 Å². The molecule has 0 bridgehead atoms. The van der Waals surface area contributed by atoms with Crippen molar-refractivity contribution >= 4 is 27.5 Å². The van der Waals surface area contributed by atoms with Crippen LogP contribution < -0.4 is 0 Å². The van der Waals surface area contributed by atoms with Gasteiger partial charge in [-0.1, -0.05) is 39.7 Å². The molecule has 0 aromatic heterocycles. The molecule has 0 heterocycles. The van der Waals surface area contributed by atoms with E-state index in [9.17, 15) is 0 Å². The van der Waals surface area contributed by atoms with Crippen molar-refractivity contribution in [3.8, 4) is 0 Å². The first-order valence-corrected chi connectivity index (χ1v) is 5.98. The fourth-order valence-electron chi connectivity index (χ4n) is 0.944. The summed E-state index contributed by atoms with van der Waals surface area (Å²) in [5.41, 5.74) is 0.967. The predicted molar refractivity (Wildman–Crippen MR) is 64.1 cm³/mol. The molecule has 0 saturated carbocycles. The monoisotopic (exact) mass is 276 g/mol. The van der Waals surface area contributed by atoms with Crippen LogP contribution in [0, 0.1) is 0 Å². The van der Waals surface area contributed by atoms with Gasteiger partial charge >= 0.3 is 0 Å². The normalized spacial score (nSPS) is 11.7. The minimum atomic E-state index is -0.137. The van der Waals surface area contributed by atoms with Gasteiger partial charge in [-0.25, -0.2) is 0 Å². The maximum Gasteiger partial charge on any atom is 0.0727 e. The van der Waals surface area contributed by atoms with E-state index in [2.05, 4.69) is 15.9 Å². The Morgan fingerprint density at radius 2 is 2.14 bits per heavy atom. The molecule has 0 aliphatic heterocycles. The highest BCUT2D eigenvalue weighted by molar-refractivity contribution is 9.09. The van der Waals surface area contributed by atoms with Crippen molar-refractivity contribution in [1.82, 2.24) is 0 Å². The second-order valence-corrected chi connectivity index (χ2v) is 4.81. The lowest BCUT2D eigenvalue weighted by Crippen LogP contribution is -2.25. The van der Waals surface area contributed by atoms with Crippen LogP contribution in [-0.4, -0.2) is 10.9 Å². The average molecular weight is 278 g/mol. The molecule has 78 valence electrons. The van der Waals surface area contributed by atoms with Crippen molar-refractivity contribution in [2.75, 3.05) is 5.33 Å². The Morgan fingerprint density at radius 1 is 1.43 bits per heavy atom. The fourth-order valence-corrected chi connectivity index (χ4v) is 1.32. The Morgan fingerprint density at radius 3 is 2.71 bits per heavy atom. The molecule has 0 saturated heterocycles. The van der Waals surface area contributed by atoms with Gasteiger partial charge in [-0.2, -0.15) is 0 Å². The second kappa shape index (κ2) is 5.15. The lowest BCUT2D eigenvalue weighted by molar-refractivity contribution is -0.0103. The van der Waals surface area contributed by atoms with E-state index in [1.54, 1.807) is 0 Å². The number of benzene rings is 1. The zero-order valence-corrected chi connectivity index (χ0v) is 10.7. The second-order valence-electron chi connectivity index (χ2n) is 3.81. The van der Waals surface area contributed by atoms with Gasteiger partial charge in [0.2, 0.25) is 0 Å². The largest absolute Gasteiger partial charge is 0.370 e. The molecular weight excluding hydrogens is 263 g/mol. The van der Waals surface area contributed by atoms with Crippen LogP contribution in [0.2, 0.25) is 5.02 Å². The zero-order valence-electron chi connectivity index (χ0n) is 8.39. The van der Waals surface area contributed by atoms with Gasteiger partial charge in [-0.05, 0) is 31.5 Å². The molecule has 0 aliphatic carbocycles. The standard InChI is InChI=1S/C11H14BrClO/c1-11(2,8-12)14-7-9-4-3-5-10(13)6-9/h3-6H,7-8H2,1-2H3. The van der Waals surface area contributed by atoms with Gasteiger partial charge in [0, 0.05) is 10.4 Å². The van der Waals surface area contributed by atoms with Crippen molar-refractivity contribution < 1.29 is 4.74 Å². The van der Waals surface area contributed by atoms with E-state index in [0.29, 0.717) is 6.61 Å². The van der Waals surface area contributed by atoms with Gasteiger partial charge in [-0.15, -0.1) is 0 Å². The lowest BCUT2D eigenvalue weighted by Gasteiger charge is -2.22. The molecule has 0 N–H and O–H groups in total. The fraction of sp³-hybridized carbons (Fsp3) is 0.455. The first-order valence-electron chi connectivity index (χ1n) is 4.48. The van der Waals surface area contributed by atoms with Gasteiger partial charge in [0.15, 0.2) is 0 Å². The zero-order chi connectivity index (χ0) is 10.6. The van der Waals surface area contributed by atoms with Crippen molar-refractivity contribution in [2.24, 2.45) is 0 Å². The first-order chi connectivity index (χ1) is 6.53. The molecule has 1 rings (SSSR count). The van der Waals surface area contributed by atoms with Crippen LogP contribution in [-0.2, 0) is 11.3 Å². The minimum absolute atomic E-state index is 0.137. The van der Waals surface area contributed by atoms with Crippen LogP contribution in [0.4, 0.5) is 0 Å². The van der Waals surface area contributed by atoms with Gasteiger partial charge in [-0.3, -0.25) is 0 Å². The molecule has 1 nitrogen and oxygen atoms in total. The van der Waals surface area contributed by atoms with Crippen LogP contribution >= 0.6 is 27.5 Å². The average Bonchev–Trinajstić information content (AvgIpc) is 2.15. The van der Waals surface area contributed by atoms with E-state index >= 15 is 0 Å². The van der Waals surface area contributed by atoms with E-state index in [1.165, 1.54) is 0 Å². The summed E-state index contributed by atoms with van der Waals surface area (Å²) in [6, 6.07) is 7.73. The van der Waals surface area contributed by atoms with Gasteiger partial charge in [0.05, 0.1) is 12.2 Å². The number of hydrogen-bond donors (Lipinski definition) is 0. The molecule has 0 amide bonds. The first kappa shape index (κ1) is 12.0. The molecule has 0 aliphatic rings. The van der Waals surface area contributed by atoms with Crippen LogP contribution in [0.15, 0.2) is 24.3 Å². The van der Waals surface area contributed by atoms with Gasteiger partial charge in [0.25, 0.3) is 0 Å². The number of alkyl halides is 1. The summed E-state index contributed by atoms with van der Waals surface area (Å²) in [5, 5.41) is 1.57. The third-order valence-electron chi connectivity index (χ3n) is 1.84. The molecule has 14 heavy (non-hydrogen) atoms. The molecule has 1 aromatic rings. The lowest BCUT2D eigenvalue weighted by atomic mass is 10.2. The summed E-state index contributed by atoms with van der Waals surface area (Å²) < 4.78 is 5.71. The summed E-state index contributed by atoms with van der Waals surface area (Å²) in [7, 11) is 0. The van der Waals surface area contributed by atoms with E-state index in [1.807, 2.05) is 38.1 Å². The highest BCUT2D eigenvalue weighted by Gasteiger charge is 2.15. The van der Waals surface area contributed by atoms with Crippen molar-refractivity contribution in [2.45, 2.75) is 26.1 Å². The number of rotatable bonds is 4. The predicted octanol–water partition coefficient (Wildman–Crippen LogP) is 4.03. The molecule has 0 radical (unpaired) electrons. The highest BCUT2D eigenvalue weighted by atomic mass is 79.9. The van der Waals surface area contributed by atoms with Crippen molar-refractivity contribution in [3.05, 3.63) is 34.9 Å². The van der Waals surface area contributed by atoms with E-state index in [4.69, 9.17) is 16.3 Å². The summed E-state index contributed by atoms with van der Waals surface area (Å²) in [5.74, 6) is 0. The Labute approximate surface area is 98.5 Å². The Kier molecular flexibility index (Phi) is 4.42. The van der Waals surface area contributed by atoms with Crippen LogP contribution in [0.5, 0.6) is 0 Å². The summed E-state index contributed by atoms with van der Waals surface area (Å²) in [6.45, 7) is 4.69. The summed E-state index contributed by atoms with van der Waals surface area (Å²) in [6.07, 6.45) is 0. The quantitative estimate of drug-likeness (QED) is 0.755. The molecule has 0 spiro atoms. The Hall–Kier alpha value is -0.0500. The molecule has 3 heteroatoms. The Balaban J connectivity index is 2.54. The van der Waals surface area contributed by atoms with E-state index in [-0.39, 0.29) is 5.60 Å². The molecule has 0 unspecified atom stereocenters. The van der Waals surface area contributed by atoms with E-state index < -0.39 is 0 Å². The third kappa shape index (κ3) is 3.99. The molecular formula is C11H14BrClO. The SMILES string of the molecule is CC(C)(CBr)OCc1cccc(Cl)c1. The maximum atomic E-state index is 5.86. The van der Waals surface area contributed by atoms with Crippen LogP contribution in [0.3, 0.4) is 0 Å². The van der Waals surface area contributed by atoms with Crippen molar-refractivity contribution in [1.29, 1.82) is 0 Å². The molecule has 1 aromatic carbocycles.